The van der Waals surface area contributed by atoms with Crippen LogP contribution in [0.25, 0.3) is 0 Å². The van der Waals surface area contributed by atoms with Crippen LogP contribution in [0.3, 0.4) is 0 Å². The van der Waals surface area contributed by atoms with Gasteiger partial charge in [0.1, 0.15) is 0 Å². The fourth-order valence-electron chi connectivity index (χ4n) is 3.02. The molecule has 0 nitrogen and oxygen atoms in total. The second-order valence-corrected chi connectivity index (χ2v) is 6.52. The van der Waals surface area contributed by atoms with Gasteiger partial charge in [0.05, 0.1) is 0 Å². The van der Waals surface area contributed by atoms with Gasteiger partial charge in [-0.3, -0.25) is 0 Å². The molecule has 0 fully saturated rings. The van der Waals surface area contributed by atoms with E-state index in [9.17, 15) is 0 Å². The molecule has 0 aromatic carbocycles. The number of hydrogen-bond donors (Lipinski definition) is 0. The first-order valence-corrected chi connectivity index (χ1v) is 9.30. The fourth-order valence-corrected chi connectivity index (χ4v) is 3.49. The van der Waals surface area contributed by atoms with E-state index >= 15 is 0 Å². The second kappa shape index (κ2) is 13.9. The predicted octanol–water partition coefficient (Wildman–Crippen LogP) is 6.44. The van der Waals surface area contributed by atoms with E-state index in [0.29, 0.717) is 0 Å². The summed E-state index contributed by atoms with van der Waals surface area (Å²) in [5.41, 5.74) is 0. The summed E-state index contributed by atoms with van der Waals surface area (Å²) in [6.45, 7) is 7.02. The summed E-state index contributed by atoms with van der Waals surface area (Å²) in [5.74, 6) is 1.99. The fraction of sp³-hybridized carbons (Fsp3) is 1.00. The molecule has 2 unspecified atom stereocenters. The Labute approximate surface area is 119 Å². The van der Waals surface area contributed by atoms with E-state index in [2.05, 4.69) is 30.0 Å². The van der Waals surface area contributed by atoms with Crippen molar-refractivity contribution in [3.05, 3.63) is 0 Å². The molecule has 0 aliphatic heterocycles. The number of rotatable bonds is 13. The average molecular weight is 272 g/mol. The molecular formula is C17H37P. The molecule has 0 saturated carbocycles. The minimum atomic E-state index is 0.981. The molecule has 0 saturated heterocycles. The highest BCUT2D eigenvalue weighted by molar-refractivity contribution is 7.16. The van der Waals surface area contributed by atoms with Crippen molar-refractivity contribution in [2.75, 3.05) is 6.16 Å². The lowest BCUT2D eigenvalue weighted by Gasteiger charge is -2.22. The van der Waals surface area contributed by atoms with Gasteiger partial charge < -0.3 is 0 Å². The molecule has 0 radical (unpaired) electrons. The van der Waals surface area contributed by atoms with Gasteiger partial charge in [0.15, 0.2) is 0 Å². The zero-order valence-corrected chi connectivity index (χ0v) is 14.4. The topological polar surface area (TPSA) is 0 Å². The van der Waals surface area contributed by atoms with Crippen LogP contribution >= 0.6 is 9.24 Å². The van der Waals surface area contributed by atoms with Gasteiger partial charge >= 0.3 is 0 Å². The summed E-state index contributed by atoms with van der Waals surface area (Å²) in [6, 6.07) is 0. The van der Waals surface area contributed by atoms with Crippen molar-refractivity contribution in [1.29, 1.82) is 0 Å². The Kier molecular flexibility index (Phi) is 14.2. The first-order chi connectivity index (χ1) is 8.78. The lowest BCUT2D eigenvalue weighted by molar-refractivity contribution is 0.312. The third-order valence-corrected chi connectivity index (χ3v) is 4.57. The van der Waals surface area contributed by atoms with Crippen LogP contribution < -0.4 is 0 Å². The van der Waals surface area contributed by atoms with Crippen LogP contribution in [0.5, 0.6) is 0 Å². The van der Waals surface area contributed by atoms with Crippen LogP contribution in [0.4, 0.5) is 0 Å². The highest BCUT2D eigenvalue weighted by Crippen LogP contribution is 2.27. The zero-order valence-electron chi connectivity index (χ0n) is 13.2. The molecule has 0 amide bonds. The highest BCUT2D eigenvalue weighted by atomic mass is 31.0. The van der Waals surface area contributed by atoms with E-state index in [-0.39, 0.29) is 0 Å². The third kappa shape index (κ3) is 10.4. The monoisotopic (exact) mass is 272 g/mol. The summed E-state index contributed by atoms with van der Waals surface area (Å²) in [4.78, 5) is 0. The normalized spacial score (nSPS) is 14.7. The molecule has 110 valence electrons. The molecule has 0 heterocycles. The maximum atomic E-state index is 2.90. The van der Waals surface area contributed by atoms with Gasteiger partial charge in [-0.1, -0.05) is 78.6 Å². The maximum absolute atomic E-state index is 2.90. The zero-order chi connectivity index (χ0) is 13.6. The Morgan fingerprint density at radius 2 is 1.44 bits per heavy atom. The summed E-state index contributed by atoms with van der Waals surface area (Å²) >= 11 is 0. The Morgan fingerprint density at radius 3 is 2.00 bits per heavy atom. The largest absolute Gasteiger partial charge is 0.138 e. The lowest BCUT2D eigenvalue weighted by Crippen LogP contribution is -2.09. The molecule has 0 aromatic heterocycles. The van der Waals surface area contributed by atoms with Crippen LogP contribution in [0.15, 0.2) is 0 Å². The Hall–Kier alpha value is 0.430. The first-order valence-electron chi connectivity index (χ1n) is 8.48. The standard InChI is InChI=1S/C17H37P/c1-4-7-8-9-10-12-17(11-5-2)15-16(6-3)13-14-18/h16-17H,4-15,18H2,1-3H3/t16?,17-/m0/s1. The summed E-state index contributed by atoms with van der Waals surface area (Å²) in [5, 5.41) is 0. The van der Waals surface area contributed by atoms with Crippen LogP contribution in [0.2, 0.25) is 0 Å². The molecule has 0 aromatic rings. The van der Waals surface area contributed by atoms with Gasteiger partial charge in [-0.2, -0.15) is 0 Å². The Morgan fingerprint density at radius 1 is 0.722 bits per heavy atom. The Balaban J connectivity index is 3.81. The molecule has 0 aliphatic rings. The predicted molar refractivity (Wildman–Crippen MR) is 89.4 cm³/mol. The van der Waals surface area contributed by atoms with Gasteiger partial charge in [-0.25, -0.2) is 0 Å². The van der Waals surface area contributed by atoms with Crippen molar-refractivity contribution in [3.8, 4) is 0 Å². The molecule has 0 rings (SSSR count). The van der Waals surface area contributed by atoms with Crippen molar-refractivity contribution < 1.29 is 0 Å². The van der Waals surface area contributed by atoms with Crippen LogP contribution in [0.1, 0.15) is 91.4 Å². The maximum Gasteiger partial charge on any atom is -0.0378 e. The van der Waals surface area contributed by atoms with Gasteiger partial charge in [-0.15, -0.1) is 9.24 Å². The summed E-state index contributed by atoms with van der Waals surface area (Å²) in [7, 11) is 2.90. The second-order valence-electron chi connectivity index (χ2n) is 5.94. The van der Waals surface area contributed by atoms with E-state index in [1.807, 2.05) is 0 Å². The third-order valence-electron chi connectivity index (χ3n) is 4.23. The van der Waals surface area contributed by atoms with Gasteiger partial charge in [0.2, 0.25) is 0 Å². The van der Waals surface area contributed by atoms with Crippen LogP contribution in [0, 0.1) is 11.8 Å². The van der Waals surface area contributed by atoms with Crippen molar-refractivity contribution in [1.82, 2.24) is 0 Å². The quantitative estimate of drug-likeness (QED) is 0.267. The van der Waals surface area contributed by atoms with E-state index in [1.54, 1.807) is 0 Å². The first kappa shape index (κ1) is 18.4. The Bertz CT molecular complexity index is 156. The van der Waals surface area contributed by atoms with Crippen molar-refractivity contribution in [2.24, 2.45) is 11.8 Å². The average Bonchev–Trinajstić information content (AvgIpc) is 2.38. The molecule has 0 N–H and O–H groups in total. The van der Waals surface area contributed by atoms with Gasteiger partial charge in [-0.05, 0) is 30.8 Å². The van der Waals surface area contributed by atoms with Gasteiger partial charge in [0, 0.05) is 0 Å². The summed E-state index contributed by atoms with van der Waals surface area (Å²) in [6.07, 6.45) is 17.1. The lowest BCUT2D eigenvalue weighted by atomic mass is 9.85. The van der Waals surface area contributed by atoms with E-state index in [0.717, 1.165) is 11.8 Å². The smallest absolute Gasteiger partial charge is 0.0378 e. The minimum Gasteiger partial charge on any atom is -0.138 e. The van der Waals surface area contributed by atoms with Crippen LogP contribution in [-0.4, -0.2) is 6.16 Å². The van der Waals surface area contributed by atoms with Crippen molar-refractivity contribution in [3.63, 3.8) is 0 Å². The van der Waals surface area contributed by atoms with Gasteiger partial charge in [0.25, 0.3) is 0 Å². The van der Waals surface area contributed by atoms with E-state index in [4.69, 9.17) is 0 Å². The molecule has 0 bridgehead atoms. The minimum absolute atomic E-state index is 0.981. The molecule has 3 atom stereocenters. The number of unbranched alkanes of at least 4 members (excludes halogenated alkanes) is 4. The summed E-state index contributed by atoms with van der Waals surface area (Å²) < 4.78 is 0. The SMILES string of the molecule is CCCCCCC[C@H](CCC)CC(CC)CCP. The molecule has 1 heteroatoms. The van der Waals surface area contributed by atoms with Crippen molar-refractivity contribution >= 4 is 9.24 Å². The van der Waals surface area contributed by atoms with E-state index in [1.165, 1.54) is 76.8 Å². The van der Waals surface area contributed by atoms with Crippen molar-refractivity contribution in [2.45, 2.75) is 91.4 Å². The highest BCUT2D eigenvalue weighted by Gasteiger charge is 2.14. The number of hydrogen-bond acceptors (Lipinski definition) is 0. The van der Waals surface area contributed by atoms with Crippen LogP contribution in [-0.2, 0) is 0 Å². The molecule has 18 heavy (non-hydrogen) atoms. The molecular weight excluding hydrogens is 235 g/mol. The van der Waals surface area contributed by atoms with E-state index < -0.39 is 0 Å². The molecule has 0 spiro atoms. The molecule has 0 aliphatic carbocycles.